The average molecular weight is 365 g/mol. The van der Waals surface area contributed by atoms with Crippen LogP contribution in [0.5, 0.6) is 5.88 Å². The molecule has 0 N–H and O–H groups in total. The normalized spacial score (nSPS) is 16.7. The predicted octanol–water partition coefficient (Wildman–Crippen LogP) is 4.09. The Balaban J connectivity index is 1.84. The number of fused-ring (bicyclic) bond motifs is 1. The Morgan fingerprint density at radius 3 is 2.88 bits per heavy atom. The Morgan fingerprint density at radius 2 is 2.12 bits per heavy atom. The van der Waals surface area contributed by atoms with Crippen LogP contribution in [0.4, 0.5) is 0 Å². The smallest absolute Gasteiger partial charge is 0.232 e. The lowest BCUT2D eigenvalue weighted by atomic mass is 9.93. The van der Waals surface area contributed by atoms with Gasteiger partial charge in [0, 0.05) is 18.3 Å². The SMILES string of the molecule is COc1ncc(Cl)c(CC(=O)N2CCc3ccccc3[C@@H]2C)c1Cl. The van der Waals surface area contributed by atoms with E-state index in [2.05, 4.69) is 17.1 Å². The first-order valence-electron chi connectivity index (χ1n) is 7.77. The highest BCUT2D eigenvalue weighted by Crippen LogP contribution is 2.34. The van der Waals surface area contributed by atoms with E-state index in [0.717, 1.165) is 6.42 Å². The van der Waals surface area contributed by atoms with Gasteiger partial charge in [-0.05, 0) is 24.5 Å². The van der Waals surface area contributed by atoms with E-state index in [0.29, 0.717) is 22.2 Å². The van der Waals surface area contributed by atoms with E-state index < -0.39 is 0 Å². The maximum atomic E-state index is 12.8. The monoisotopic (exact) mass is 364 g/mol. The predicted molar refractivity (Wildman–Crippen MR) is 94.8 cm³/mol. The zero-order chi connectivity index (χ0) is 17.3. The number of aromatic nitrogens is 1. The molecule has 0 saturated heterocycles. The van der Waals surface area contributed by atoms with Crippen LogP contribution in [-0.2, 0) is 17.6 Å². The van der Waals surface area contributed by atoms with Gasteiger partial charge in [-0.15, -0.1) is 0 Å². The summed E-state index contributed by atoms with van der Waals surface area (Å²) in [5.74, 6) is 0.273. The van der Waals surface area contributed by atoms with E-state index >= 15 is 0 Å². The molecule has 0 radical (unpaired) electrons. The third-order valence-corrected chi connectivity index (χ3v) is 5.19. The topological polar surface area (TPSA) is 42.4 Å². The van der Waals surface area contributed by atoms with Crippen molar-refractivity contribution >= 4 is 29.1 Å². The lowest BCUT2D eigenvalue weighted by Gasteiger charge is -2.35. The lowest BCUT2D eigenvalue weighted by molar-refractivity contribution is -0.133. The van der Waals surface area contributed by atoms with Crippen molar-refractivity contribution in [3.63, 3.8) is 0 Å². The minimum atomic E-state index is -0.00550. The quantitative estimate of drug-likeness (QED) is 0.823. The van der Waals surface area contributed by atoms with E-state index in [1.807, 2.05) is 24.0 Å². The van der Waals surface area contributed by atoms with Gasteiger partial charge in [-0.3, -0.25) is 4.79 Å². The molecular formula is C18H18Cl2N2O2. The molecular weight excluding hydrogens is 347 g/mol. The van der Waals surface area contributed by atoms with Crippen LogP contribution in [0.3, 0.4) is 0 Å². The summed E-state index contributed by atoms with van der Waals surface area (Å²) in [6, 6.07) is 8.27. The fourth-order valence-electron chi connectivity index (χ4n) is 3.15. The van der Waals surface area contributed by atoms with Crippen molar-refractivity contribution < 1.29 is 9.53 Å². The highest BCUT2D eigenvalue weighted by atomic mass is 35.5. The number of hydrogen-bond donors (Lipinski definition) is 0. The third-order valence-electron chi connectivity index (χ3n) is 4.47. The molecule has 2 heterocycles. The van der Waals surface area contributed by atoms with Crippen molar-refractivity contribution in [2.24, 2.45) is 0 Å². The summed E-state index contributed by atoms with van der Waals surface area (Å²) < 4.78 is 5.11. The Labute approximate surface area is 151 Å². The molecule has 3 rings (SSSR count). The Kier molecular flexibility index (Phi) is 4.97. The summed E-state index contributed by atoms with van der Waals surface area (Å²) in [6.07, 6.45) is 2.44. The van der Waals surface area contributed by atoms with Crippen LogP contribution in [0.2, 0.25) is 10.0 Å². The molecule has 1 aliphatic heterocycles. The summed E-state index contributed by atoms with van der Waals surface area (Å²) in [5, 5.41) is 0.669. The lowest BCUT2D eigenvalue weighted by Crippen LogP contribution is -2.39. The summed E-state index contributed by atoms with van der Waals surface area (Å²) >= 11 is 12.5. The molecule has 0 aliphatic carbocycles. The zero-order valence-electron chi connectivity index (χ0n) is 13.6. The van der Waals surface area contributed by atoms with Gasteiger partial charge >= 0.3 is 0 Å². The minimum Gasteiger partial charge on any atom is -0.480 e. The second-order valence-corrected chi connectivity index (χ2v) is 6.58. The Hall–Kier alpha value is -1.78. The zero-order valence-corrected chi connectivity index (χ0v) is 15.1. The molecule has 1 atom stereocenters. The van der Waals surface area contributed by atoms with Crippen molar-refractivity contribution in [3.8, 4) is 5.88 Å². The molecule has 0 fully saturated rings. The van der Waals surface area contributed by atoms with Gasteiger partial charge in [0.25, 0.3) is 0 Å². The van der Waals surface area contributed by atoms with Gasteiger partial charge in [0.1, 0.15) is 5.02 Å². The largest absolute Gasteiger partial charge is 0.480 e. The maximum Gasteiger partial charge on any atom is 0.232 e. The fraction of sp³-hybridized carbons (Fsp3) is 0.333. The van der Waals surface area contributed by atoms with Gasteiger partial charge < -0.3 is 9.64 Å². The number of nitrogens with zero attached hydrogens (tertiary/aromatic N) is 2. The first-order valence-corrected chi connectivity index (χ1v) is 8.52. The highest BCUT2D eigenvalue weighted by Gasteiger charge is 2.28. The third kappa shape index (κ3) is 3.08. The van der Waals surface area contributed by atoms with Crippen molar-refractivity contribution in [3.05, 3.63) is 57.2 Å². The summed E-state index contributed by atoms with van der Waals surface area (Å²) in [7, 11) is 1.48. The second kappa shape index (κ2) is 6.99. The van der Waals surface area contributed by atoms with Crippen LogP contribution in [0, 0.1) is 0 Å². The summed E-state index contributed by atoms with van der Waals surface area (Å²) in [4.78, 5) is 18.7. The fourth-order valence-corrected chi connectivity index (χ4v) is 3.71. The van der Waals surface area contributed by atoms with Gasteiger partial charge in [0.05, 0.1) is 24.6 Å². The van der Waals surface area contributed by atoms with E-state index in [-0.39, 0.29) is 24.2 Å². The number of hydrogen-bond acceptors (Lipinski definition) is 3. The van der Waals surface area contributed by atoms with Crippen LogP contribution in [-0.4, -0.2) is 29.4 Å². The van der Waals surface area contributed by atoms with Crippen molar-refractivity contribution in [1.82, 2.24) is 9.88 Å². The number of methoxy groups -OCH3 is 1. The number of ether oxygens (including phenoxy) is 1. The Morgan fingerprint density at radius 1 is 1.38 bits per heavy atom. The second-order valence-electron chi connectivity index (χ2n) is 5.80. The van der Waals surface area contributed by atoms with Gasteiger partial charge in [-0.25, -0.2) is 4.98 Å². The molecule has 1 aromatic carbocycles. The van der Waals surface area contributed by atoms with E-state index in [4.69, 9.17) is 27.9 Å². The van der Waals surface area contributed by atoms with E-state index in [1.165, 1.54) is 24.4 Å². The van der Waals surface area contributed by atoms with Gasteiger partial charge in [0.15, 0.2) is 0 Å². The molecule has 0 saturated carbocycles. The van der Waals surface area contributed by atoms with Crippen molar-refractivity contribution in [2.45, 2.75) is 25.8 Å². The van der Waals surface area contributed by atoms with Crippen LogP contribution >= 0.6 is 23.2 Å². The van der Waals surface area contributed by atoms with Gasteiger partial charge in [0.2, 0.25) is 11.8 Å². The van der Waals surface area contributed by atoms with Crippen LogP contribution < -0.4 is 4.74 Å². The molecule has 24 heavy (non-hydrogen) atoms. The minimum absolute atomic E-state index is 0.00550. The van der Waals surface area contributed by atoms with Crippen molar-refractivity contribution in [2.75, 3.05) is 13.7 Å². The molecule has 0 bridgehead atoms. The number of benzene rings is 1. The summed E-state index contributed by atoms with van der Waals surface area (Å²) in [5.41, 5.74) is 3.05. The molecule has 0 unspecified atom stereocenters. The number of halogens is 2. The van der Waals surface area contributed by atoms with Crippen LogP contribution in [0.1, 0.15) is 29.7 Å². The molecule has 0 spiro atoms. The van der Waals surface area contributed by atoms with Crippen LogP contribution in [0.15, 0.2) is 30.5 Å². The van der Waals surface area contributed by atoms with E-state index in [1.54, 1.807) is 0 Å². The number of carbonyl (C=O) groups excluding carboxylic acids is 1. The Bertz CT molecular complexity index is 780. The molecule has 2 aromatic rings. The number of amides is 1. The van der Waals surface area contributed by atoms with Gasteiger partial charge in [-0.2, -0.15) is 0 Å². The molecule has 1 amide bonds. The first kappa shape index (κ1) is 17.1. The van der Waals surface area contributed by atoms with E-state index in [9.17, 15) is 4.79 Å². The average Bonchev–Trinajstić information content (AvgIpc) is 2.59. The molecule has 4 nitrogen and oxygen atoms in total. The maximum absolute atomic E-state index is 12.8. The molecule has 126 valence electrons. The standard InChI is InChI=1S/C18H18Cl2N2O2/c1-11-13-6-4-3-5-12(13)7-8-22(11)16(23)9-14-15(19)10-21-18(24-2)17(14)20/h3-6,10-11H,7-9H2,1-2H3/t11-/m0/s1. The number of pyridine rings is 1. The molecule has 1 aliphatic rings. The van der Waals surface area contributed by atoms with Crippen molar-refractivity contribution in [1.29, 1.82) is 0 Å². The van der Waals surface area contributed by atoms with Crippen LogP contribution in [0.25, 0.3) is 0 Å². The van der Waals surface area contributed by atoms with Gasteiger partial charge in [-0.1, -0.05) is 47.5 Å². The summed E-state index contributed by atoms with van der Waals surface area (Å²) in [6.45, 7) is 2.74. The first-order chi connectivity index (χ1) is 11.5. The number of rotatable bonds is 3. The number of carbonyl (C=O) groups is 1. The highest BCUT2D eigenvalue weighted by molar-refractivity contribution is 6.36. The molecule has 1 aromatic heterocycles. The molecule has 6 heteroatoms.